The van der Waals surface area contributed by atoms with Crippen LogP contribution in [0.2, 0.25) is 19.6 Å². The Hall–Kier alpha value is -0.913. The first-order valence-corrected chi connectivity index (χ1v) is 12.3. The number of hydrogen-bond donors (Lipinski definition) is 0. The third-order valence-electron chi connectivity index (χ3n) is 3.06. The maximum absolute atomic E-state index is 2.49. The summed E-state index contributed by atoms with van der Waals surface area (Å²) in [6.45, 7) is 7.48. The minimum atomic E-state index is -1.15. The predicted molar refractivity (Wildman–Crippen MR) is 86.5 cm³/mol. The van der Waals surface area contributed by atoms with E-state index in [1.54, 1.807) is 5.30 Å². The van der Waals surface area contributed by atoms with Crippen molar-refractivity contribution in [1.29, 1.82) is 0 Å². The van der Waals surface area contributed by atoms with E-state index in [0.717, 1.165) is 0 Å². The molecule has 0 saturated heterocycles. The Morgan fingerprint density at radius 3 is 1.78 bits per heavy atom. The summed E-state index contributed by atoms with van der Waals surface area (Å²) in [5, 5.41) is 1.57. The molecule has 0 fully saturated rings. The van der Waals surface area contributed by atoms with Crippen LogP contribution in [0.15, 0.2) is 60.7 Å². The molecule has 1 unspecified atom stereocenters. The van der Waals surface area contributed by atoms with Crippen molar-refractivity contribution in [3.05, 3.63) is 66.2 Å². The largest absolute Gasteiger partial charge is 0.0838 e. The third kappa shape index (κ3) is 3.54. The summed E-state index contributed by atoms with van der Waals surface area (Å²) in [5.74, 6) is 0. The first-order valence-electron chi connectivity index (χ1n) is 6.44. The summed E-state index contributed by atoms with van der Waals surface area (Å²) < 4.78 is 0. The summed E-state index contributed by atoms with van der Waals surface area (Å²) in [6, 6.07) is 22.0. The molecule has 94 valence electrons. The van der Waals surface area contributed by atoms with Gasteiger partial charge in [0.15, 0.2) is 0 Å². The first kappa shape index (κ1) is 13.5. The van der Waals surface area contributed by atoms with Gasteiger partial charge in [0.05, 0.1) is 7.74 Å². The molecular weight excluding hydrogens is 251 g/mol. The van der Waals surface area contributed by atoms with E-state index in [0.29, 0.717) is 0 Å². The van der Waals surface area contributed by atoms with Gasteiger partial charge in [0.25, 0.3) is 0 Å². The van der Waals surface area contributed by atoms with Crippen molar-refractivity contribution in [1.82, 2.24) is 0 Å². The topological polar surface area (TPSA) is 0 Å². The number of rotatable bonds is 4. The van der Waals surface area contributed by atoms with Crippen LogP contribution < -0.4 is 5.30 Å². The maximum Gasteiger partial charge on any atom is 0.0777 e. The highest BCUT2D eigenvalue weighted by Crippen LogP contribution is 2.48. The average molecular weight is 272 g/mol. The van der Waals surface area contributed by atoms with E-state index >= 15 is 0 Å². The van der Waals surface area contributed by atoms with Crippen LogP contribution in [0.5, 0.6) is 0 Å². The molecule has 2 aromatic carbocycles. The van der Waals surface area contributed by atoms with E-state index < -0.39 is 7.74 Å². The van der Waals surface area contributed by atoms with Gasteiger partial charge < -0.3 is 0 Å². The quantitative estimate of drug-likeness (QED) is 0.552. The van der Waals surface area contributed by atoms with Gasteiger partial charge in [-0.1, -0.05) is 87.8 Å². The summed E-state index contributed by atoms with van der Waals surface area (Å²) >= 11 is 0. The van der Waals surface area contributed by atoms with Crippen LogP contribution in [0, 0.1) is 0 Å². The molecule has 18 heavy (non-hydrogen) atoms. The molecule has 0 aliphatic heterocycles. The normalized spacial score (nSPS) is 13.3. The second-order valence-electron chi connectivity index (χ2n) is 5.58. The Balaban J connectivity index is 2.28. The summed E-state index contributed by atoms with van der Waals surface area (Å²) in [5.41, 5.74) is 1.48. The predicted octanol–water partition coefficient (Wildman–Crippen LogP) is 4.83. The zero-order valence-corrected chi connectivity index (χ0v) is 13.3. The first-order chi connectivity index (χ1) is 8.57. The van der Waals surface area contributed by atoms with Crippen LogP contribution in [0.4, 0.5) is 0 Å². The fourth-order valence-electron chi connectivity index (χ4n) is 2.09. The molecule has 1 atom stereocenters. The molecule has 2 aromatic rings. The van der Waals surface area contributed by atoms with E-state index in [1.165, 1.54) is 11.7 Å². The molecule has 2 heteroatoms. The van der Waals surface area contributed by atoms with Crippen molar-refractivity contribution in [2.45, 2.75) is 25.8 Å². The fraction of sp³-hybridized carbons (Fsp3) is 0.250. The van der Waals surface area contributed by atoms with Gasteiger partial charge in [-0.2, -0.15) is 0 Å². The minimum Gasteiger partial charge on any atom is -0.0838 e. The Morgan fingerprint density at radius 2 is 1.28 bits per heavy atom. The second-order valence-corrected chi connectivity index (χ2v) is 17.3. The molecular formula is C16H21PSi. The smallest absolute Gasteiger partial charge is 0.0777 e. The summed E-state index contributed by atoms with van der Waals surface area (Å²) in [6.07, 6.45) is 1.23. The van der Waals surface area contributed by atoms with Gasteiger partial charge in [-0.05, 0) is 17.0 Å². The lowest BCUT2D eigenvalue weighted by Crippen LogP contribution is -2.25. The van der Waals surface area contributed by atoms with Gasteiger partial charge in [-0.15, -0.1) is 0 Å². The van der Waals surface area contributed by atoms with Crippen LogP contribution in [0.25, 0.3) is 0 Å². The number of benzene rings is 2. The highest BCUT2D eigenvalue weighted by atomic mass is 31.4. The van der Waals surface area contributed by atoms with Crippen LogP contribution in [-0.4, -0.2) is 7.74 Å². The van der Waals surface area contributed by atoms with Crippen molar-refractivity contribution in [2.75, 3.05) is 0 Å². The van der Waals surface area contributed by atoms with Crippen molar-refractivity contribution < 1.29 is 0 Å². The number of hydrogen-bond acceptors (Lipinski definition) is 0. The van der Waals surface area contributed by atoms with Crippen molar-refractivity contribution in [3.8, 4) is 0 Å². The van der Waals surface area contributed by atoms with Crippen molar-refractivity contribution in [2.24, 2.45) is 0 Å². The standard InChI is InChI=1S/C16H21PSi/c1-18(2,3)17(16-12-8-5-9-13-16)14-15-10-6-4-7-11-15/h4-13H,14H2,1-3H3. The van der Waals surface area contributed by atoms with E-state index in [2.05, 4.69) is 80.3 Å². The van der Waals surface area contributed by atoms with Crippen LogP contribution in [0.3, 0.4) is 0 Å². The second kappa shape index (κ2) is 5.82. The van der Waals surface area contributed by atoms with Gasteiger partial charge >= 0.3 is 0 Å². The molecule has 0 aliphatic carbocycles. The lowest BCUT2D eigenvalue weighted by molar-refractivity contribution is 1.40. The van der Waals surface area contributed by atoms with Crippen molar-refractivity contribution in [3.63, 3.8) is 0 Å². The van der Waals surface area contributed by atoms with Gasteiger partial charge in [0.1, 0.15) is 0 Å². The van der Waals surface area contributed by atoms with Crippen LogP contribution in [0.1, 0.15) is 5.56 Å². The molecule has 0 bridgehead atoms. The van der Waals surface area contributed by atoms with E-state index in [9.17, 15) is 0 Å². The lowest BCUT2D eigenvalue weighted by Gasteiger charge is -2.30. The molecule has 0 nitrogen and oxygen atoms in total. The highest BCUT2D eigenvalue weighted by Gasteiger charge is 2.27. The third-order valence-corrected chi connectivity index (χ3v) is 12.4. The highest BCUT2D eigenvalue weighted by molar-refractivity contribution is 7.99. The van der Waals surface area contributed by atoms with E-state index in [1.807, 2.05) is 0 Å². The molecule has 0 saturated carbocycles. The van der Waals surface area contributed by atoms with Crippen LogP contribution >= 0.6 is 7.47 Å². The fourth-order valence-corrected chi connectivity index (χ4v) is 9.37. The van der Waals surface area contributed by atoms with Crippen molar-refractivity contribution >= 4 is 20.5 Å². The monoisotopic (exact) mass is 272 g/mol. The van der Waals surface area contributed by atoms with Gasteiger partial charge in [-0.25, -0.2) is 0 Å². The lowest BCUT2D eigenvalue weighted by atomic mass is 10.2. The molecule has 0 aromatic heterocycles. The Morgan fingerprint density at radius 1 is 0.778 bits per heavy atom. The molecule has 0 amide bonds. The zero-order valence-electron chi connectivity index (χ0n) is 11.4. The SMILES string of the molecule is C[Si](C)(C)P(Cc1ccccc1)c1ccccc1. The molecule has 0 N–H and O–H groups in total. The summed E-state index contributed by atoms with van der Waals surface area (Å²) in [4.78, 5) is 0. The minimum absolute atomic E-state index is 0.0342. The summed E-state index contributed by atoms with van der Waals surface area (Å²) in [7, 11) is -1.18. The molecule has 0 radical (unpaired) electrons. The molecule has 0 spiro atoms. The molecule has 2 rings (SSSR count). The Bertz CT molecular complexity index is 473. The Kier molecular flexibility index (Phi) is 4.37. The Labute approximate surface area is 113 Å². The molecule has 0 heterocycles. The van der Waals surface area contributed by atoms with Gasteiger partial charge in [-0.3, -0.25) is 0 Å². The van der Waals surface area contributed by atoms with E-state index in [4.69, 9.17) is 0 Å². The van der Waals surface area contributed by atoms with Gasteiger partial charge in [0, 0.05) is 0 Å². The van der Waals surface area contributed by atoms with Crippen LogP contribution in [-0.2, 0) is 6.16 Å². The van der Waals surface area contributed by atoms with E-state index in [-0.39, 0.29) is 7.47 Å². The van der Waals surface area contributed by atoms with Gasteiger partial charge in [0.2, 0.25) is 0 Å². The maximum atomic E-state index is 2.49. The zero-order chi connectivity index (χ0) is 13.0. The molecule has 0 aliphatic rings. The average Bonchev–Trinajstić information content (AvgIpc) is 2.37.